The summed E-state index contributed by atoms with van der Waals surface area (Å²) in [5.41, 5.74) is 0.988. The molecule has 82 valence electrons. The highest BCUT2D eigenvalue weighted by molar-refractivity contribution is 7.10. The highest BCUT2D eigenvalue weighted by Gasteiger charge is 2.05. The summed E-state index contributed by atoms with van der Waals surface area (Å²) >= 11 is 1.64. The van der Waals surface area contributed by atoms with Crippen LogP contribution in [0.3, 0.4) is 0 Å². The van der Waals surface area contributed by atoms with Crippen LogP contribution in [0.4, 0.5) is 0 Å². The largest absolute Gasteiger partial charge is 0.299 e. The average molecular weight is 231 g/mol. The number of pyridine rings is 1. The van der Waals surface area contributed by atoms with Gasteiger partial charge >= 0.3 is 0 Å². The van der Waals surface area contributed by atoms with E-state index < -0.39 is 0 Å². The fourth-order valence-electron chi connectivity index (χ4n) is 1.51. The number of carbonyl (C=O) groups is 1. The zero-order valence-electron chi connectivity index (χ0n) is 8.93. The summed E-state index contributed by atoms with van der Waals surface area (Å²) in [5, 5.41) is 2.00. The van der Waals surface area contributed by atoms with Gasteiger partial charge < -0.3 is 0 Å². The molecule has 2 heterocycles. The fourth-order valence-corrected chi connectivity index (χ4v) is 2.24. The Labute approximate surface area is 99.0 Å². The van der Waals surface area contributed by atoms with Crippen molar-refractivity contribution in [3.8, 4) is 0 Å². The van der Waals surface area contributed by atoms with Crippen LogP contribution < -0.4 is 0 Å². The van der Waals surface area contributed by atoms with Crippen molar-refractivity contribution in [3.05, 3.63) is 52.5 Å². The van der Waals surface area contributed by atoms with E-state index in [9.17, 15) is 4.79 Å². The number of aromatic nitrogens is 1. The van der Waals surface area contributed by atoms with E-state index in [1.807, 2.05) is 35.7 Å². The van der Waals surface area contributed by atoms with Gasteiger partial charge in [-0.05, 0) is 30.0 Å². The third kappa shape index (κ3) is 3.28. The molecule has 0 fully saturated rings. The van der Waals surface area contributed by atoms with Gasteiger partial charge in [0.25, 0.3) is 0 Å². The zero-order chi connectivity index (χ0) is 11.2. The molecule has 0 N–H and O–H groups in total. The first-order valence-corrected chi connectivity index (χ1v) is 6.16. The second-order valence-electron chi connectivity index (χ2n) is 3.62. The Morgan fingerprint density at radius 2 is 2.19 bits per heavy atom. The molecular weight excluding hydrogens is 218 g/mol. The van der Waals surface area contributed by atoms with Gasteiger partial charge in [-0.3, -0.25) is 9.78 Å². The van der Waals surface area contributed by atoms with E-state index in [1.54, 1.807) is 17.5 Å². The van der Waals surface area contributed by atoms with E-state index in [-0.39, 0.29) is 5.78 Å². The van der Waals surface area contributed by atoms with E-state index in [2.05, 4.69) is 4.98 Å². The number of hydrogen-bond acceptors (Lipinski definition) is 3. The van der Waals surface area contributed by atoms with Crippen molar-refractivity contribution in [1.29, 1.82) is 0 Å². The third-order valence-electron chi connectivity index (χ3n) is 2.34. The second-order valence-corrected chi connectivity index (χ2v) is 4.65. The second kappa shape index (κ2) is 5.56. The van der Waals surface area contributed by atoms with Crippen molar-refractivity contribution in [1.82, 2.24) is 4.98 Å². The molecule has 0 aliphatic rings. The highest BCUT2D eigenvalue weighted by atomic mass is 32.1. The quantitative estimate of drug-likeness (QED) is 0.792. The molecule has 0 aliphatic heterocycles. The summed E-state index contributed by atoms with van der Waals surface area (Å²) in [4.78, 5) is 17.0. The highest BCUT2D eigenvalue weighted by Crippen LogP contribution is 2.11. The Morgan fingerprint density at radius 1 is 1.25 bits per heavy atom. The number of Topliss-reactive ketones (excluding diaryl/α,β-unsaturated/α-hetero) is 1. The lowest BCUT2D eigenvalue weighted by molar-refractivity contribution is -0.118. The summed E-state index contributed by atoms with van der Waals surface area (Å²) in [5.74, 6) is 0.285. The Morgan fingerprint density at radius 3 is 2.88 bits per heavy atom. The average Bonchev–Trinajstić information content (AvgIpc) is 2.81. The van der Waals surface area contributed by atoms with Gasteiger partial charge in [-0.1, -0.05) is 12.1 Å². The molecule has 0 aliphatic carbocycles. The summed E-state index contributed by atoms with van der Waals surface area (Å²) in [6.07, 6.45) is 3.64. The standard InChI is InChI=1S/C13H13NOS/c15-12(10-13-5-3-9-16-13)7-6-11-4-1-2-8-14-11/h1-5,8-9H,6-7,10H2. The van der Waals surface area contributed by atoms with Crippen LogP contribution in [0.2, 0.25) is 0 Å². The van der Waals surface area contributed by atoms with Crippen molar-refractivity contribution < 1.29 is 4.79 Å². The monoisotopic (exact) mass is 231 g/mol. The van der Waals surface area contributed by atoms with Crippen LogP contribution in [-0.2, 0) is 17.6 Å². The van der Waals surface area contributed by atoms with E-state index >= 15 is 0 Å². The molecule has 0 saturated heterocycles. The molecule has 0 amide bonds. The smallest absolute Gasteiger partial charge is 0.138 e. The van der Waals surface area contributed by atoms with Crippen molar-refractivity contribution in [2.75, 3.05) is 0 Å². The third-order valence-corrected chi connectivity index (χ3v) is 3.21. The predicted molar refractivity (Wildman–Crippen MR) is 65.6 cm³/mol. The van der Waals surface area contributed by atoms with E-state index in [0.717, 1.165) is 17.0 Å². The fraction of sp³-hybridized carbons (Fsp3) is 0.231. The van der Waals surface area contributed by atoms with Crippen LogP contribution in [0, 0.1) is 0 Å². The molecule has 0 unspecified atom stereocenters. The van der Waals surface area contributed by atoms with Crippen molar-refractivity contribution in [2.45, 2.75) is 19.3 Å². The molecular formula is C13H13NOS. The molecule has 0 aromatic carbocycles. The Kier molecular flexibility index (Phi) is 3.83. The van der Waals surface area contributed by atoms with Crippen LogP contribution in [0.5, 0.6) is 0 Å². The van der Waals surface area contributed by atoms with Gasteiger partial charge in [0.15, 0.2) is 0 Å². The number of ketones is 1. The molecule has 2 nitrogen and oxygen atoms in total. The lowest BCUT2D eigenvalue weighted by Crippen LogP contribution is -2.03. The normalized spacial score (nSPS) is 10.2. The topological polar surface area (TPSA) is 30.0 Å². The minimum Gasteiger partial charge on any atom is -0.299 e. The van der Waals surface area contributed by atoms with Gasteiger partial charge in [-0.2, -0.15) is 0 Å². The molecule has 0 radical (unpaired) electrons. The van der Waals surface area contributed by atoms with Gasteiger partial charge in [0.1, 0.15) is 5.78 Å². The van der Waals surface area contributed by atoms with Gasteiger partial charge in [0.05, 0.1) is 0 Å². The molecule has 16 heavy (non-hydrogen) atoms. The Balaban J connectivity index is 1.80. The van der Waals surface area contributed by atoms with Crippen LogP contribution >= 0.6 is 11.3 Å². The number of rotatable bonds is 5. The molecule has 3 heteroatoms. The molecule has 0 bridgehead atoms. The maximum Gasteiger partial charge on any atom is 0.138 e. The molecule has 2 aromatic heterocycles. The summed E-state index contributed by atoms with van der Waals surface area (Å²) in [7, 11) is 0. The minimum atomic E-state index is 0.285. The van der Waals surface area contributed by atoms with E-state index in [1.165, 1.54) is 0 Å². The zero-order valence-corrected chi connectivity index (χ0v) is 9.74. The SMILES string of the molecule is O=C(CCc1ccccn1)Cc1cccs1. The molecule has 2 rings (SSSR count). The first kappa shape index (κ1) is 11.0. The summed E-state index contributed by atoms with van der Waals surface area (Å²) in [6.45, 7) is 0. The lowest BCUT2D eigenvalue weighted by atomic mass is 10.1. The predicted octanol–water partition coefficient (Wildman–Crippen LogP) is 2.89. The number of aryl methyl sites for hydroxylation is 1. The lowest BCUT2D eigenvalue weighted by Gasteiger charge is -1.99. The van der Waals surface area contributed by atoms with Gasteiger partial charge in [-0.25, -0.2) is 0 Å². The van der Waals surface area contributed by atoms with Crippen molar-refractivity contribution >= 4 is 17.1 Å². The van der Waals surface area contributed by atoms with Crippen LogP contribution in [-0.4, -0.2) is 10.8 Å². The van der Waals surface area contributed by atoms with Crippen LogP contribution in [0.1, 0.15) is 17.0 Å². The molecule has 2 aromatic rings. The van der Waals surface area contributed by atoms with Crippen LogP contribution in [0.25, 0.3) is 0 Å². The molecule has 0 saturated carbocycles. The van der Waals surface area contributed by atoms with Gasteiger partial charge in [0.2, 0.25) is 0 Å². The van der Waals surface area contributed by atoms with Crippen molar-refractivity contribution in [3.63, 3.8) is 0 Å². The Bertz CT molecular complexity index is 436. The molecule has 0 atom stereocenters. The first-order valence-electron chi connectivity index (χ1n) is 5.28. The van der Waals surface area contributed by atoms with Gasteiger partial charge in [-0.15, -0.1) is 11.3 Å². The minimum absolute atomic E-state index is 0.285. The maximum atomic E-state index is 11.7. The number of hydrogen-bond donors (Lipinski definition) is 0. The van der Waals surface area contributed by atoms with Crippen LogP contribution in [0.15, 0.2) is 41.9 Å². The maximum absolute atomic E-state index is 11.7. The van der Waals surface area contributed by atoms with E-state index in [4.69, 9.17) is 0 Å². The number of carbonyl (C=O) groups excluding carboxylic acids is 1. The molecule has 0 spiro atoms. The van der Waals surface area contributed by atoms with E-state index in [0.29, 0.717) is 12.8 Å². The van der Waals surface area contributed by atoms with Crippen molar-refractivity contribution in [2.24, 2.45) is 0 Å². The summed E-state index contributed by atoms with van der Waals surface area (Å²) in [6, 6.07) is 9.77. The number of thiophene rings is 1. The first-order chi connectivity index (χ1) is 7.84. The Hall–Kier alpha value is -1.48. The summed E-state index contributed by atoms with van der Waals surface area (Å²) < 4.78 is 0. The van der Waals surface area contributed by atoms with Gasteiger partial charge in [0, 0.05) is 29.6 Å². The number of nitrogens with zero attached hydrogens (tertiary/aromatic N) is 1.